The van der Waals surface area contributed by atoms with Gasteiger partial charge < -0.3 is 5.32 Å². The number of benzene rings is 2. The normalized spacial score (nSPS) is 12.5. The fraction of sp³-hybridized carbons (Fsp3) is 0.250. The maximum atomic E-state index is 13.4. The van der Waals surface area contributed by atoms with Crippen molar-refractivity contribution in [1.29, 1.82) is 0 Å². The van der Waals surface area contributed by atoms with Crippen LogP contribution in [0.15, 0.2) is 40.9 Å². The molecule has 0 aromatic heterocycles. The first-order valence-electron chi connectivity index (χ1n) is 6.22. The summed E-state index contributed by atoms with van der Waals surface area (Å²) in [4.78, 5) is 0. The summed E-state index contributed by atoms with van der Waals surface area (Å²) >= 11 is 3.47. The van der Waals surface area contributed by atoms with Gasteiger partial charge in [0.2, 0.25) is 0 Å². The van der Waals surface area contributed by atoms with Crippen LogP contribution < -0.4 is 5.32 Å². The molecule has 3 heteroatoms. The first kappa shape index (κ1) is 14.2. The lowest BCUT2D eigenvalue weighted by atomic mass is 9.94. The molecule has 1 atom stereocenters. The zero-order chi connectivity index (χ0) is 14.0. The number of hydrogen-bond acceptors (Lipinski definition) is 1. The maximum absolute atomic E-state index is 13.4. The lowest BCUT2D eigenvalue weighted by Gasteiger charge is -2.20. The van der Waals surface area contributed by atoms with Crippen molar-refractivity contribution >= 4 is 15.9 Å². The summed E-state index contributed by atoms with van der Waals surface area (Å²) in [5.41, 5.74) is 4.16. The maximum Gasteiger partial charge on any atom is 0.126 e. The van der Waals surface area contributed by atoms with E-state index in [0.717, 1.165) is 10.0 Å². The zero-order valence-electron chi connectivity index (χ0n) is 11.3. The molecule has 0 heterocycles. The second-order valence-electron chi connectivity index (χ2n) is 4.73. The molecule has 1 unspecified atom stereocenters. The van der Waals surface area contributed by atoms with Gasteiger partial charge in [-0.15, -0.1) is 0 Å². The summed E-state index contributed by atoms with van der Waals surface area (Å²) in [5, 5.41) is 3.30. The van der Waals surface area contributed by atoms with Crippen LogP contribution in [0.2, 0.25) is 0 Å². The van der Waals surface area contributed by atoms with Crippen molar-refractivity contribution in [2.75, 3.05) is 7.05 Å². The number of halogens is 2. The molecule has 2 rings (SSSR count). The molecule has 0 aliphatic heterocycles. The molecule has 0 saturated heterocycles. The van der Waals surface area contributed by atoms with E-state index in [-0.39, 0.29) is 11.9 Å². The van der Waals surface area contributed by atoms with Crippen LogP contribution in [0.3, 0.4) is 0 Å². The van der Waals surface area contributed by atoms with Crippen molar-refractivity contribution in [3.63, 3.8) is 0 Å². The van der Waals surface area contributed by atoms with Crippen LogP contribution in [0.1, 0.15) is 28.3 Å². The average Bonchev–Trinajstić information content (AvgIpc) is 2.37. The topological polar surface area (TPSA) is 12.0 Å². The molecule has 2 aromatic carbocycles. The van der Waals surface area contributed by atoms with Crippen LogP contribution in [0.4, 0.5) is 4.39 Å². The highest BCUT2D eigenvalue weighted by molar-refractivity contribution is 9.10. The third kappa shape index (κ3) is 3.04. The molecule has 0 fully saturated rings. The van der Waals surface area contributed by atoms with Crippen LogP contribution in [0.5, 0.6) is 0 Å². The largest absolute Gasteiger partial charge is 0.309 e. The van der Waals surface area contributed by atoms with Crippen molar-refractivity contribution in [2.24, 2.45) is 0 Å². The van der Waals surface area contributed by atoms with Crippen molar-refractivity contribution in [1.82, 2.24) is 5.32 Å². The molecule has 0 bridgehead atoms. The van der Waals surface area contributed by atoms with E-state index in [2.05, 4.69) is 40.3 Å². The van der Waals surface area contributed by atoms with Crippen molar-refractivity contribution in [2.45, 2.75) is 19.9 Å². The van der Waals surface area contributed by atoms with Gasteiger partial charge in [-0.3, -0.25) is 0 Å². The van der Waals surface area contributed by atoms with E-state index >= 15 is 0 Å². The average molecular weight is 322 g/mol. The minimum absolute atomic E-state index is 0.0763. The SMILES string of the molecule is CNC(c1ccc(F)c(C)c1)c1ccc(Br)cc1C. The monoisotopic (exact) mass is 321 g/mol. The lowest BCUT2D eigenvalue weighted by molar-refractivity contribution is 0.613. The van der Waals surface area contributed by atoms with E-state index in [1.165, 1.54) is 17.2 Å². The fourth-order valence-electron chi connectivity index (χ4n) is 2.31. The van der Waals surface area contributed by atoms with Gasteiger partial charge in [0.05, 0.1) is 6.04 Å². The number of rotatable bonds is 3. The van der Waals surface area contributed by atoms with Crippen LogP contribution in [0.25, 0.3) is 0 Å². The highest BCUT2D eigenvalue weighted by Gasteiger charge is 2.15. The van der Waals surface area contributed by atoms with Gasteiger partial charge in [-0.1, -0.05) is 34.1 Å². The van der Waals surface area contributed by atoms with Gasteiger partial charge in [-0.25, -0.2) is 4.39 Å². The molecule has 0 spiro atoms. The molecule has 0 saturated carbocycles. The Balaban J connectivity index is 2.46. The standard InChI is InChI=1S/C16H17BrFN/c1-10-9-13(17)5-6-14(10)16(19-3)12-4-7-15(18)11(2)8-12/h4-9,16,19H,1-3H3. The first-order chi connectivity index (χ1) is 9.02. The van der Waals surface area contributed by atoms with E-state index in [4.69, 9.17) is 0 Å². The highest BCUT2D eigenvalue weighted by Crippen LogP contribution is 2.27. The van der Waals surface area contributed by atoms with Gasteiger partial charge in [0, 0.05) is 4.47 Å². The predicted molar refractivity (Wildman–Crippen MR) is 80.9 cm³/mol. The molecule has 100 valence electrons. The molecule has 0 radical (unpaired) electrons. The fourth-order valence-corrected chi connectivity index (χ4v) is 2.79. The van der Waals surface area contributed by atoms with E-state index in [1.54, 1.807) is 6.92 Å². The molecule has 0 aliphatic rings. The van der Waals surface area contributed by atoms with Crippen LogP contribution in [0, 0.1) is 19.7 Å². The van der Waals surface area contributed by atoms with E-state index in [0.29, 0.717) is 5.56 Å². The summed E-state index contributed by atoms with van der Waals surface area (Å²) in [5.74, 6) is -0.161. The van der Waals surface area contributed by atoms with Gasteiger partial charge in [0.15, 0.2) is 0 Å². The van der Waals surface area contributed by atoms with Crippen LogP contribution in [-0.4, -0.2) is 7.05 Å². The van der Waals surface area contributed by atoms with Crippen molar-refractivity contribution in [3.05, 3.63) is 68.9 Å². The molecular weight excluding hydrogens is 305 g/mol. The Morgan fingerprint density at radius 2 is 1.79 bits per heavy atom. The molecule has 1 N–H and O–H groups in total. The first-order valence-corrected chi connectivity index (χ1v) is 7.01. The van der Waals surface area contributed by atoms with Gasteiger partial charge >= 0.3 is 0 Å². The molecule has 0 amide bonds. The number of hydrogen-bond donors (Lipinski definition) is 1. The van der Waals surface area contributed by atoms with Gasteiger partial charge in [0.1, 0.15) is 5.82 Å². The van der Waals surface area contributed by atoms with E-state index < -0.39 is 0 Å². The summed E-state index contributed by atoms with van der Waals surface area (Å²) in [6.07, 6.45) is 0. The summed E-state index contributed by atoms with van der Waals surface area (Å²) < 4.78 is 14.4. The van der Waals surface area contributed by atoms with Gasteiger partial charge in [-0.2, -0.15) is 0 Å². The molecule has 1 nitrogen and oxygen atoms in total. The number of nitrogens with one attached hydrogen (secondary N) is 1. The van der Waals surface area contributed by atoms with Crippen LogP contribution in [-0.2, 0) is 0 Å². The quantitative estimate of drug-likeness (QED) is 0.876. The van der Waals surface area contributed by atoms with Gasteiger partial charge in [0.25, 0.3) is 0 Å². The van der Waals surface area contributed by atoms with Crippen LogP contribution >= 0.6 is 15.9 Å². The Bertz CT molecular complexity index is 595. The van der Waals surface area contributed by atoms with Crippen molar-refractivity contribution in [3.8, 4) is 0 Å². The number of aryl methyl sites for hydroxylation is 2. The Morgan fingerprint density at radius 1 is 1.05 bits per heavy atom. The Morgan fingerprint density at radius 3 is 2.37 bits per heavy atom. The predicted octanol–water partition coefficient (Wildman–Crippen LogP) is 4.51. The Hall–Kier alpha value is -1.19. The molecule has 2 aromatic rings. The minimum atomic E-state index is -0.161. The zero-order valence-corrected chi connectivity index (χ0v) is 12.9. The lowest BCUT2D eigenvalue weighted by Crippen LogP contribution is -2.18. The molecular formula is C16H17BrFN. The van der Waals surface area contributed by atoms with E-state index in [1.807, 2.05) is 25.2 Å². The summed E-state index contributed by atoms with van der Waals surface area (Å²) in [6, 6.07) is 11.6. The third-order valence-corrected chi connectivity index (χ3v) is 3.84. The Labute approximate surface area is 122 Å². The molecule has 0 aliphatic carbocycles. The van der Waals surface area contributed by atoms with E-state index in [9.17, 15) is 4.39 Å². The molecule has 19 heavy (non-hydrogen) atoms. The second kappa shape index (κ2) is 5.85. The highest BCUT2D eigenvalue weighted by atomic mass is 79.9. The minimum Gasteiger partial charge on any atom is -0.309 e. The summed E-state index contributed by atoms with van der Waals surface area (Å²) in [6.45, 7) is 3.88. The summed E-state index contributed by atoms with van der Waals surface area (Å²) in [7, 11) is 1.92. The Kier molecular flexibility index (Phi) is 4.38. The smallest absolute Gasteiger partial charge is 0.126 e. The third-order valence-electron chi connectivity index (χ3n) is 3.35. The van der Waals surface area contributed by atoms with Gasteiger partial charge in [-0.05, 0) is 61.3 Å². The second-order valence-corrected chi connectivity index (χ2v) is 5.65. The van der Waals surface area contributed by atoms with Crippen molar-refractivity contribution < 1.29 is 4.39 Å².